The summed E-state index contributed by atoms with van der Waals surface area (Å²) >= 11 is 0. The molecule has 6 nitrogen and oxygen atoms in total. The highest BCUT2D eigenvalue weighted by molar-refractivity contribution is 5.86. The maximum Gasteiger partial charge on any atom is 0.242 e. The van der Waals surface area contributed by atoms with Crippen molar-refractivity contribution in [1.82, 2.24) is 9.80 Å². The van der Waals surface area contributed by atoms with Gasteiger partial charge in [0.2, 0.25) is 11.8 Å². The van der Waals surface area contributed by atoms with Crippen LogP contribution in [0.5, 0.6) is 0 Å². The number of rotatable bonds is 4. The van der Waals surface area contributed by atoms with Crippen LogP contribution in [0.3, 0.4) is 0 Å². The van der Waals surface area contributed by atoms with Gasteiger partial charge in [-0.2, -0.15) is 0 Å². The number of carbonyl (C=O) groups is 2. The fourth-order valence-electron chi connectivity index (χ4n) is 1.77. The molecule has 1 aliphatic heterocycles. The van der Waals surface area contributed by atoms with Gasteiger partial charge < -0.3 is 20.3 Å². The Labute approximate surface area is 120 Å². The minimum atomic E-state index is -0.271. The number of ether oxygens (including phenoxy) is 1. The van der Waals surface area contributed by atoms with Crippen molar-refractivity contribution in [3.05, 3.63) is 0 Å². The molecule has 0 aromatic rings. The fraction of sp³-hybridized carbons (Fsp3) is 0.833. The van der Waals surface area contributed by atoms with Crippen molar-refractivity contribution in [3.63, 3.8) is 0 Å². The van der Waals surface area contributed by atoms with Crippen LogP contribution in [-0.4, -0.2) is 67.6 Å². The second-order valence-electron chi connectivity index (χ2n) is 4.84. The first kappa shape index (κ1) is 18.1. The number of nitrogens with two attached hydrogens (primary N) is 1. The van der Waals surface area contributed by atoms with Crippen molar-refractivity contribution >= 4 is 24.2 Å². The normalized spacial score (nSPS) is 18.2. The second-order valence-corrected chi connectivity index (χ2v) is 4.84. The zero-order chi connectivity index (χ0) is 13.7. The number of carbonyl (C=O) groups excluding carboxylic acids is 2. The molecule has 2 N–H and O–H groups in total. The van der Waals surface area contributed by atoms with Gasteiger partial charge in [0.1, 0.15) is 0 Å². The van der Waals surface area contributed by atoms with E-state index in [-0.39, 0.29) is 42.7 Å². The molecule has 1 heterocycles. The molecule has 112 valence electrons. The monoisotopic (exact) mass is 293 g/mol. The summed E-state index contributed by atoms with van der Waals surface area (Å²) in [5.41, 5.74) is 5.69. The molecule has 0 aliphatic carbocycles. The first-order valence-corrected chi connectivity index (χ1v) is 6.29. The molecule has 0 bridgehead atoms. The van der Waals surface area contributed by atoms with E-state index < -0.39 is 0 Å². The molecular weight excluding hydrogens is 270 g/mol. The lowest BCUT2D eigenvalue weighted by Gasteiger charge is -2.29. The Balaban J connectivity index is 0.00000324. The molecule has 19 heavy (non-hydrogen) atoms. The molecule has 2 atom stereocenters. The summed E-state index contributed by atoms with van der Waals surface area (Å²) in [7, 11) is 1.64. The summed E-state index contributed by atoms with van der Waals surface area (Å²) in [6.45, 7) is 6.02. The van der Waals surface area contributed by atoms with Crippen LogP contribution in [-0.2, 0) is 14.3 Å². The Morgan fingerprint density at radius 1 is 1.32 bits per heavy atom. The van der Waals surface area contributed by atoms with Crippen LogP contribution in [0.4, 0.5) is 0 Å². The molecule has 0 radical (unpaired) electrons. The third-order valence-electron chi connectivity index (χ3n) is 3.29. The zero-order valence-electron chi connectivity index (χ0n) is 11.8. The van der Waals surface area contributed by atoms with E-state index in [2.05, 4.69) is 0 Å². The second kappa shape index (κ2) is 8.35. The number of morpholine rings is 1. The van der Waals surface area contributed by atoms with Crippen LogP contribution in [0.15, 0.2) is 0 Å². The number of hydrogen-bond donors (Lipinski definition) is 1. The van der Waals surface area contributed by atoms with E-state index in [1.807, 2.05) is 0 Å². The highest BCUT2D eigenvalue weighted by Gasteiger charge is 2.24. The van der Waals surface area contributed by atoms with Gasteiger partial charge in [0.05, 0.1) is 25.7 Å². The van der Waals surface area contributed by atoms with Gasteiger partial charge >= 0.3 is 0 Å². The lowest BCUT2D eigenvalue weighted by molar-refractivity contribution is -0.143. The summed E-state index contributed by atoms with van der Waals surface area (Å²) in [6, 6.07) is -0.210. The van der Waals surface area contributed by atoms with Crippen molar-refractivity contribution in [1.29, 1.82) is 0 Å². The SMILES string of the molecule is CC(N)C(C)C(=O)N(C)CC(=O)N1CCOCC1.Cl. The van der Waals surface area contributed by atoms with Crippen LogP contribution in [0.25, 0.3) is 0 Å². The number of amides is 2. The van der Waals surface area contributed by atoms with E-state index in [9.17, 15) is 9.59 Å². The minimum Gasteiger partial charge on any atom is -0.378 e. The standard InChI is InChI=1S/C12H23N3O3.ClH/c1-9(10(2)13)12(17)14(3)8-11(16)15-4-6-18-7-5-15;/h9-10H,4-8,13H2,1-3H3;1H. The topological polar surface area (TPSA) is 75.9 Å². The predicted octanol–water partition coefficient (Wildman–Crippen LogP) is -0.291. The quantitative estimate of drug-likeness (QED) is 0.773. The summed E-state index contributed by atoms with van der Waals surface area (Å²) in [6.07, 6.45) is 0. The van der Waals surface area contributed by atoms with Gasteiger partial charge in [-0.05, 0) is 6.92 Å². The van der Waals surface area contributed by atoms with Crippen molar-refractivity contribution < 1.29 is 14.3 Å². The smallest absolute Gasteiger partial charge is 0.242 e. The van der Waals surface area contributed by atoms with Crippen LogP contribution >= 0.6 is 12.4 Å². The van der Waals surface area contributed by atoms with Crippen molar-refractivity contribution in [2.45, 2.75) is 19.9 Å². The third-order valence-corrected chi connectivity index (χ3v) is 3.29. The molecule has 0 aromatic carbocycles. The van der Waals surface area contributed by atoms with Crippen LogP contribution < -0.4 is 5.73 Å². The lowest BCUT2D eigenvalue weighted by atomic mass is 10.0. The van der Waals surface area contributed by atoms with E-state index in [0.29, 0.717) is 26.3 Å². The average molecular weight is 294 g/mol. The Morgan fingerprint density at radius 3 is 2.32 bits per heavy atom. The van der Waals surface area contributed by atoms with E-state index in [1.165, 1.54) is 4.90 Å². The van der Waals surface area contributed by atoms with Gasteiger partial charge in [-0.3, -0.25) is 9.59 Å². The van der Waals surface area contributed by atoms with Crippen LogP contribution in [0.1, 0.15) is 13.8 Å². The molecular formula is C12H24ClN3O3. The summed E-state index contributed by atoms with van der Waals surface area (Å²) in [4.78, 5) is 27.1. The van der Waals surface area contributed by atoms with Gasteiger partial charge in [-0.1, -0.05) is 6.92 Å². The number of nitrogens with zero attached hydrogens (tertiary/aromatic N) is 2. The molecule has 7 heteroatoms. The minimum absolute atomic E-state index is 0. The Morgan fingerprint density at radius 2 is 1.84 bits per heavy atom. The van der Waals surface area contributed by atoms with Crippen molar-refractivity contribution in [2.24, 2.45) is 11.7 Å². The molecule has 0 saturated carbocycles. The van der Waals surface area contributed by atoms with E-state index in [1.54, 1.807) is 25.8 Å². The maximum atomic E-state index is 12.0. The Hall–Kier alpha value is -0.850. The number of halogens is 1. The van der Waals surface area contributed by atoms with Gasteiger partial charge in [0.15, 0.2) is 0 Å². The van der Waals surface area contributed by atoms with E-state index in [4.69, 9.17) is 10.5 Å². The van der Waals surface area contributed by atoms with Gasteiger partial charge in [0, 0.05) is 26.2 Å². The Bertz CT molecular complexity index is 307. The lowest BCUT2D eigenvalue weighted by Crippen LogP contribution is -2.48. The zero-order valence-corrected chi connectivity index (χ0v) is 12.6. The molecule has 1 rings (SSSR count). The van der Waals surface area contributed by atoms with Crippen LogP contribution in [0.2, 0.25) is 0 Å². The summed E-state index contributed by atoms with van der Waals surface area (Å²) < 4.78 is 5.18. The highest BCUT2D eigenvalue weighted by Crippen LogP contribution is 2.06. The van der Waals surface area contributed by atoms with E-state index in [0.717, 1.165) is 0 Å². The first-order chi connectivity index (χ1) is 8.43. The molecule has 1 fully saturated rings. The number of hydrogen-bond acceptors (Lipinski definition) is 4. The molecule has 1 saturated heterocycles. The molecule has 1 aliphatic rings. The third kappa shape index (κ3) is 5.34. The maximum absolute atomic E-state index is 12.0. The van der Waals surface area contributed by atoms with Crippen molar-refractivity contribution in [3.8, 4) is 0 Å². The molecule has 0 aromatic heterocycles. The molecule has 2 amide bonds. The Kier molecular flexibility index (Phi) is 7.97. The summed E-state index contributed by atoms with van der Waals surface area (Å²) in [5.74, 6) is -0.398. The summed E-state index contributed by atoms with van der Waals surface area (Å²) in [5, 5.41) is 0. The van der Waals surface area contributed by atoms with Gasteiger partial charge in [-0.25, -0.2) is 0 Å². The first-order valence-electron chi connectivity index (χ1n) is 6.29. The van der Waals surface area contributed by atoms with Gasteiger partial charge in [0.25, 0.3) is 0 Å². The number of likely N-dealkylation sites (N-methyl/N-ethyl adjacent to an activating group) is 1. The fourth-order valence-corrected chi connectivity index (χ4v) is 1.77. The largest absolute Gasteiger partial charge is 0.378 e. The van der Waals surface area contributed by atoms with Gasteiger partial charge in [-0.15, -0.1) is 12.4 Å². The average Bonchev–Trinajstić information content (AvgIpc) is 2.37. The predicted molar refractivity (Wildman–Crippen MR) is 75.1 cm³/mol. The van der Waals surface area contributed by atoms with Crippen molar-refractivity contribution in [2.75, 3.05) is 39.9 Å². The molecule has 0 spiro atoms. The van der Waals surface area contributed by atoms with E-state index >= 15 is 0 Å². The highest BCUT2D eigenvalue weighted by atomic mass is 35.5. The van der Waals surface area contributed by atoms with Crippen LogP contribution in [0, 0.1) is 5.92 Å². The molecule has 2 unspecified atom stereocenters.